The first-order chi connectivity index (χ1) is 13.4. The van der Waals surface area contributed by atoms with Crippen molar-refractivity contribution in [3.63, 3.8) is 0 Å². The summed E-state index contributed by atoms with van der Waals surface area (Å²) in [5.74, 6) is -0.139. The van der Waals surface area contributed by atoms with E-state index in [1.165, 1.54) is 23.8 Å². The van der Waals surface area contributed by atoms with Gasteiger partial charge in [0.1, 0.15) is 5.75 Å². The van der Waals surface area contributed by atoms with E-state index >= 15 is 0 Å². The van der Waals surface area contributed by atoms with E-state index in [2.05, 4.69) is 20.7 Å². The van der Waals surface area contributed by atoms with Crippen LogP contribution in [0.4, 0.5) is 5.69 Å². The molecule has 0 radical (unpaired) electrons. The van der Waals surface area contributed by atoms with Crippen LogP contribution in [0.5, 0.6) is 5.75 Å². The number of carbonyl (C=O) groups excluding carboxylic acids is 2. The maximum Gasteiger partial charge on any atom is 0.343 e. The van der Waals surface area contributed by atoms with Crippen molar-refractivity contribution in [2.75, 3.05) is 18.6 Å². The van der Waals surface area contributed by atoms with Gasteiger partial charge in [-0.25, -0.2) is 4.79 Å². The second-order valence-corrected chi connectivity index (χ2v) is 8.49. The fourth-order valence-electron chi connectivity index (χ4n) is 2.33. The smallest absolute Gasteiger partial charge is 0.343 e. The molecule has 1 amide bonds. The van der Waals surface area contributed by atoms with Gasteiger partial charge in [-0.15, -0.1) is 0 Å². The zero-order valence-corrected chi connectivity index (χ0v) is 18.5. The molecule has 1 aliphatic heterocycles. The number of ether oxygens (including phenoxy) is 2. The molecule has 144 valence electrons. The maximum atomic E-state index is 12.8. The maximum absolute atomic E-state index is 12.8. The van der Waals surface area contributed by atoms with Crippen LogP contribution in [0.15, 0.2) is 51.8 Å². The number of nitrogens with zero attached hydrogens (tertiary/aromatic N) is 1. The molecule has 2 aromatic carbocycles. The van der Waals surface area contributed by atoms with E-state index in [0.717, 1.165) is 10.0 Å². The Hall–Kier alpha value is -1.87. The lowest BCUT2D eigenvalue weighted by Crippen LogP contribution is -2.27. The van der Waals surface area contributed by atoms with Crippen molar-refractivity contribution in [1.82, 2.24) is 0 Å². The van der Waals surface area contributed by atoms with Gasteiger partial charge in [0.2, 0.25) is 0 Å². The summed E-state index contributed by atoms with van der Waals surface area (Å²) in [6.45, 7) is -0.162. The fourth-order valence-corrected chi connectivity index (χ4v) is 4.05. The summed E-state index contributed by atoms with van der Waals surface area (Å²) in [6, 6.07) is 12.2. The van der Waals surface area contributed by atoms with Gasteiger partial charge in [0.15, 0.2) is 10.9 Å². The topological polar surface area (TPSA) is 55.8 Å². The monoisotopic (exact) mass is 497 g/mol. The van der Waals surface area contributed by atoms with Crippen LogP contribution >= 0.6 is 51.5 Å². The molecule has 0 saturated carbocycles. The average molecular weight is 499 g/mol. The van der Waals surface area contributed by atoms with Crippen LogP contribution in [0, 0.1) is 0 Å². The molecule has 28 heavy (non-hydrogen) atoms. The molecular formula is C19H13BrClNO4S2. The number of thiocarbonyl (C=S) groups is 1. The molecule has 0 aromatic heterocycles. The van der Waals surface area contributed by atoms with Crippen molar-refractivity contribution < 1.29 is 19.1 Å². The Morgan fingerprint density at radius 3 is 2.64 bits per heavy atom. The van der Waals surface area contributed by atoms with Crippen molar-refractivity contribution in [3.05, 3.63) is 62.4 Å². The number of rotatable bonds is 5. The average Bonchev–Trinajstić information content (AvgIpc) is 2.96. The van der Waals surface area contributed by atoms with E-state index in [1.807, 2.05) is 0 Å². The number of carbonyl (C=O) groups is 2. The SMILES string of the molecule is COC(=O)COc1ccc(/C=C2\SC(=S)N(c3ccc(Br)c(Cl)c3)C2=O)cc1. The summed E-state index contributed by atoms with van der Waals surface area (Å²) >= 11 is 16.1. The number of hydrogen-bond donors (Lipinski definition) is 0. The molecule has 2 aromatic rings. The molecule has 1 heterocycles. The molecule has 0 bridgehead atoms. The van der Waals surface area contributed by atoms with E-state index in [9.17, 15) is 9.59 Å². The Labute approximate surface area is 184 Å². The first-order valence-electron chi connectivity index (χ1n) is 7.91. The molecule has 0 spiro atoms. The second kappa shape index (κ2) is 9.09. The van der Waals surface area contributed by atoms with E-state index < -0.39 is 5.97 Å². The highest BCUT2D eigenvalue weighted by Gasteiger charge is 2.33. The highest BCUT2D eigenvalue weighted by Crippen LogP contribution is 2.38. The number of esters is 1. The molecule has 5 nitrogen and oxygen atoms in total. The Morgan fingerprint density at radius 1 is 1.29 bits per heavy atom. The number of thioether (sulfide) groups is 1. The van der Waals surface area contributed by atoms with Gasteiger partial charge in [-0.1, -0.05) is 47.7 Å². The van der Waals surface area contributed by atoms with Crippen LogP contribution in [0.3, 0.4) is 0 Å². The van der Waals surface area contributed by atoms with Gasteiger partial charge >= 0.3 is 5.97 Å². The number of hydrogen-bond acceptors (Lipinski definition) is 6. The highest BCUT2D eigenvalue weighted by atomic mass is 79.9. The standard InChI is InChI=1S/C19H13BrClNO4S2/c1-25-17(23)10-26-13-5-2-11(3-6-13)8-16-18(24)22(19(27)28-16)12-4-7-14(20)15(21)9-12/h2-9H,10H2,1H3/b16-8-. The predicted octanol–water partition coefficient (Wildman–Crippen LogP) is 5.06. The lowest BCUT2D eigenvalue weighted by molar-refractivity contribution is -0.142. The largest absolute Gasteiger partial charge is 0.482 e. The Morgan fingerprint density at radius 2 is 2.00 bits per heavy atom. The van der Waals surface area contributed by atoms with E-state index in [4.69, 9.17) is 28.6 Å². The molecule has 1 saturated heterocycles. The Balaban J connectivity index is 1.76. The minimum absolute atomic E-state index is 0.162. The van der Waals surface area contributed by atoms with Gasteiger partial charge in [-0.3, -0.25) is 9.69 Å². The quantitative estimate of drug-likeness (QED) is 0.326. The van der Waals surface area contributed by atoms with Crippen LogP contribution < -0.4 is 9.64 Å². The van der Waals surface area contributed by atoms with Crippen LogP contribution in [-0.4, -0.2) is 29.9 Å². The van der Waals surface area contributed by atoms with E-state index in [0.29, 0.717) is 25.7 Å². The lowest BCUT2D eigenvalue weighted by Gasteiger charge is -2.15. The molecule has 1 aliphatic rings. The molecule has 0 atom stereocenters. The van der Waals surface area contributed by atoms with E-state index in [1.54, 1.807) is 48.5 Å². The molecule has 0 N–H and O–H groups in total. The third-order valence-electron chi connectivity index (χ3n) is 3.72. The molecule has 1 fully saturated rings. The first kappa shape index (κ1) is 20.9. The van der Waals surface area contributed by atoms with E-state index in [-0.39, 0.29) is 12.5 Å². The molecular weight excluding hydrogens is 486 g/mol. The number of halogens is 2. The number of methoxy groups -OCH3 is 1. The van der Waals surface area contributed by atoms with Crippen molar-refractivity contribution in [1.29, 1.82) is 0 Å². The second-order valence-electron chi connectivity index (χ2n) is 5.55. The van der Waals surface area contributed by atoms with Crippen LogP contribution in [0.1, 0.15) is 5.56 Å². The minimum Gasteiger partial charge on any atom is -0.482 e. The summed E-state index contributed by atoms with van der Waals surface area (Å²) in [5, 5.41) is 0.498. The molecule has 0 unspecified atom stereocenters. The summed E-state index contributed by atoms with van der Waals surface area (Å²) < 4.78 is 11.0. The molecule has 3 rings (SSSR count). The number of amides is 1. The zero-order valence-electron chi connectivity index (χ0n) is 14.5. The number of anilines is 1. The van der Waals surface area contributed by atoms with Gasteiger partial charge in [-0.2, -0.15) is 0 Å². The number of benzene rings is 2. The van der Waals surface area contributed by atoms with Crippen molar-refractivity contribution in [2.24, 2.45) is 0 Å². The summed E-state index contributed by atoms with van der Waals surface area (Å²) in [7, 11) is 1.30. The molecule has 9 heteroatoms. The van der Waals surface area contributed by atoms with Crippen LogP contribution in [0.25, 0.3) is 6.08 Å². The van der Waals surface area contributed by atoms with Gasteiger partial charge < -0.3 is 9.47 Å². The van der Waals surface area contributed by atoms with Crippen LogP contribution in [-0.2, 0) is 14.3 Å². The Bertz CT molecular complexity index is 978. The van der Waals surface area contributed by atoms with Gasteiger partial charge in [0, 0.05) is 4.47 Å². The zero-order chi connectivity index (χ0) is 20.3. The summed E-state index contributed by atoms with van der Waals surface area (Å²) in [6.07, 6.45) is 1.75. The molecule has 0 aliphatic carbocycles. The first-order valence-corrected chi connectivity index (χ1v) is 10.3. The van der Waals surface area contributed by atoms with Gasteiger partial charge in [-0.05, 0) is 57.9 Å². The third-order valence-corrected chi connectivity index (χ3v) is 6.25. The normalized spacial score (nSPS) is 15.2. The van der Waals surface area contributed by atoms with Crippen molar-refractivity contribution in [2.45, 2.75) is 0 Å². The predicted molar refractivity (Wildman–Crippen MR) is 119 cm³/mol. The minimum atomic E-state index is -0.458. The third kappa shape index (κ3) is 4.75. The highest BCUT2D eigenvalue weighted by molar-refractivity contribution is 9.10. The summed E-state index contributed by atoms with van der Waals surface area (Å²) in [4.78, 5) is 25.9. The van der Waals surface area contributed by atoms with Gasteiger partial charge in [0.25, 0.3) is 5.91 Å². The van der Waals surface area contributed by atoms with Crippen molar-refractivity contribution in [3.8, 4) is 5.75 Å². The van der Waals surface area contributed by atoms with Crippen molar-refractivity contribution >= 4 is 79.5 Å². The van der Waals surface area contributed by atoms with Crippen LogP contribution in [0.2, 0.25) is 5.02 Å². The lowest BCUT2D eigenvalue weighted by atomic mass is 10.2. The summed E-state index contributed by atoms with van der Waals surface area (Å²) in [5.41, 5.74) is 1.42. The fraction of sp³-hybridized carbons (Fsp3) is 0.105. The van der Waals surface area contributed by atoms with Gasteiger partial charge in [0.05, 0.1) is 22.7 Å². The Kier molecular flexibility index (Phi) is 6.77.